The second kappa shape index (κ2) is 6.58. The zero-order valence-electron chi connectivity index (χ0n) is 13.5. The molecule has 1 aromatic rings. The normalized spacial score (nSPS) is 25.0. The summed E-state index contributed by atoms with van der Waals surface area (Å²) in [6.07, 6.45) is 2.02. The van der Waals surface area contributed by atoms with Crippen molar-refractivity contribution in [1.82, 2.24) is 14.7 Å². The third-order valence-corrected chi connectivity index (χ3v) is 3.79. The smallest absolute Gasteiger partial charge is 0.242 e. The first-order chi connectivity index (χ1) is 9.88. The summed E-state index contributed by atoms with van der Waals surface area (Å²) in [6.45, 7) is 11.7. The molecule has 2 heterocycles. The molecule has 0 radical (unpaired) electrons. The van der Waals surface area contributed by atoms with Gasteiger partial charge in [-0.2, -0.15) is 5.10 Å². The van der Waals surface area contributed by atoms with Crippen molar-refractivity contribution < 1.29 is 9.53 Å². The SMILES string of the molecule is CC1CN(C(C)C(=O)Nc2ccnn2C(C)C)CC(C)O1. The third-order valence-electron chi connectivity index (χ3n) is 3.79. The monoisotopic (exact) mass is 294 g/mol. The highest BCUT2D eigenvalue weighted by Crippen LogP contribution is 2.17. The molecular weight excluding hydrogens is 268 g/mol. The quantitative estimate of drug-likeness (QED) is 0.921. The molecule has 1 aromatic heterocycles. The first-order valence-corrected chi connectivity index (χ1v) is 7.62. The fourth-order valence-corrected chi connectivity index (χ4v) is 2.76. The molecule has 0 aliphatic carbocycles. The zero-order chi connectivity index (χ0) is 15.6. The lowest BCUT2D eigenvalue weighted by Crippen LogP contribution is -2.52. The van der Waals surface area contributed by atoms with Gasteiger partial charge in [0.1, 0.15) is 5.82 Å². The van der Waals surface area contributed by atoms with E-state index in [9.17, 15) is 4.79 Å². The van der Waals surface area contributed by atoms with E-state index in [0.717, 1.165) is 18.9 Å². The summed E-state index contributed by atoms with van der Waals surface area (Å²) in [4.78, 5) is 14.6. The number of aromatic nitrogens is 2. The van der Waals surface area contributed by atoms with Crippen molar-refractivity contribution in [3.8, 4) is 0 Å². The number of amides is 1. The zero-order valence-corrected chi connectivity index (χ0v) is 13.5. The highest BCUT2D eigenvalue weighted by atomic mass is 16.5. The molecule has 1 aliphatic rings. The summed E-state index contributed by atoms with van der Waals surface area (Å²) < 4.78 is 7.53. The van der Waals surface area contributed by atoms with E-state index in [4.69, 9.17) is 4.74 Å². The molecule has 0 spiro atoms. The van der Waals surface area contributed by atoms with Gasteiger partial charge in [-0.05, 0) is 34.6 Å². The van der Waals surface area contributed by atoms with Crippen molar-refractivity contribution in [3.63, 3.8) is 0 Å². The Labute approximate surface area is 126 Å². The van der Waals surface area contributed by atoms with Crippen LogP contribution in [0.25, 0.3) is 0 Å². The number of carbonyl (C=O) groups is 1. The average molecular weight is 294 g/mol. The van der Waals surface area contributed by atoms with Gasteiger partial charge in [0.05, 0.1) is 24.4 Å². The molecule has 1 amide bonds. The van der Waals surface area contributed by atoms with Gasteiger partial charge in [-0.1, -0.05) is 0 Å². The van der Waals surface area contributed by atoms with Crippen molar-refractivity contribution in [2.24, 2.45) is 0 Å². The summed E-state index contributed by atoms with van der Waals surface area (Å²) >= 11 is 0. The Morgan fingerprint density at radius 2 is 1.95 bits per heavy atom. The number of nitrogens with zero attached hydrogens (tertiary/aromatic N) is 3. The van der Waals surface area contributed by atoms with Gasteiger partial charge in [0.15, 0.2) is 0 Å². The minimum Gasteiger partial charge on any atom is -0.373 e. The molecule has 0 saturated carbocycles. The number of nitrogens with one attached hydrogen (secondary N) is 1. The second-order valence-electron chi connectivity index (χ2n) is 6.13. The predicted octanol–water partition coefficient (Wildman–Crippen LogP) is 1.90. The predicted molar refractivity (Wildman–Crippen MR) is 82.3 cm³/mol. The molecule has 1 saturated heterocycles. The van der Waals surface area contributed by atoms with E-state index in [1.165, 1.54) is 0 Å². The van der Waals surface area contributed by atoms with Crippen LogP contribution >= 0.6 is 0 Å². The van der Waals surface area contributed by atoms with Crippen LogP contribution in [0.2, 0.25) is 0 Å². The van der Waals surface area contributed by atoms with Gasteiger partial charge < -0.3 is 10.1 Å². The standard InChI is InChI=1S/C15H26N4O2/c1-10(2)19-14(6-7-16-19)17-15(20)13(5)18-8-11(3)21-12(4)9-18/h6-7,10-13H,8-9H2,1-5H3,(H,17,20). The highest BCUT2D eigenvalue weighted by molar-refractivity contribution is 5.93. The van der Waals surface area contributed by atoms with E-state index in [2.05, 4.69) is 15.3 Å². The number of carbonyl (C=O) groups excluding carboxylic acids is 1. The molecule has 3 unspecified atom stereocenters. The van der Waals surface area contributed by atoms with Crippen LogP contribution in [0, 0.1) is 0 Å². The van der Waals surface area contributed by atoms with Crippen molar-refractivity contribution in [2.75, 3.05) is 18.4 Å². The van der Waals surface area contributed by atoms with Gasteiger partial charge in [-0.25, -0.2) is 4.68 Å². The van der Waals surface area contributed by atoms with Crippen molar-refractivity contribution in [2.45, 2.75) is 58.9 Å². The Balaban J connectivity index is 2.00. The number of hydrogen-bond donors (Lipinski definition) is 1. The molecule has 6 heteroatoms. The van der Waals surface area contributed by atoms with Gasteiger partial charge >= 0.3 is 0 Å². The summed E-state index contributed by atoms with van der Waals surface area (Å²) in [6, 6.07) is 1.86. The van der Waals surface area contributed by atoms with Gasteiger partial charge in [0, 0.05) is 25.2 Å². The summed E-state index contributed by atoms with van der Waals surface area (Å²) in [5, 5.41) is 7.21. The third kappa shape index (κ3) is 3.83. The molecule has 21 heavy (non-hydrogen) atoms. The van der Waals surface area contributed by atoms with Gasteiger partial charge in [-0.15, -0.1) is 0 Å². The van der Waals surface area contributed by atoms with Gasteiger partial charge in [0.25, 0.3) is 0 Å². The lowest BCUT2D eigenvalue weighted by atomic mass is 10.1. The van der Waals surface area contributed by atoms with Crippen LogP contribution in [-0.2, 0) is 9.53 Å². The minimum atomic E-state index is -0.186. The molecule has 1 fully saturated rings. The molecule has 0 bridgehead atoms. The first kappa shape index (κ1) is 16.0. The van der Waals surface area contributed by atoms with Crippen LogP contribution in [0.3, 0.4) is 0 Å². The Morgan fingerprint density at radius 1 is 1.33 bits per heavy atom. The Morgan fingerprint density at radius 3 is 2.52 bits per heavy atom. The number of morpholine rings is 1. The fourth-order valence-electron chi connectivity index (χ4n) is 2.76. The van der Waals surface area contributed by atoms with Crippen molar-refractivity contribution in [1.29, 1.82) is 0 Å². The van der Waals surface area contributed by atoms with E-state index in [0.29, 0.717) is 0 Å². The maximum absolute atomic E-state index is 12.5. The van der Waals surface area contributed by atoms with Crippen LogP contribution in [0.4, 0.5) is 5.82 Å². The van der Waals surface area contributed by atoms with Gasteiger partial charge in [-0.3, -0.25) is 9.69 Å². The van der Waals surface area contributed by atoms with Crippen LogP contribution in [0.15, 0.2) is 12.3 Å². The maximum atomic E-state index is 12.5. The van der Waals surface area contributed by atoms with Crippen LogP contribution in [0.1, 0.15) is 40.7 Å². The largest absolute Gasteiger partial charge is 0.373 e. The van der Waals surface area contributed by atoms with E-state index in [-0.39, 0.29) is 30.2 Å². The van der Waals surface area contributed by atoms with E-state index in [1.807, 2.05) is 45.4 Å². The molecule has 1 aliphatic heterocycles. The lowest BCUT2D eigenvalue weighted by Gasteiger charge is -2.38. The van der Waals surface area contributed by atoms with Crippen LogP contribution < -0.4 is 5.32 Å². The molecule has 0 aromatic carbocycles. The molecule has 2 rings (SSSR count). The fraction of sp³-hybridized carbons (Fsp3) is 0.733. The second-order valence-corrected chi connectivity index (χ2v) is 6.13. The van der Waals surface area contributed by atoms with Crippen LogP contribution in [-0.4, -0.2) is 51.9 Å². The molecular formula is C15H26N4O2. The average Bonchev–Trinajstić information content (AvgIpc) is 2.84. The summed E-state index contributed by atoms with van der Waals surface area (Å²) in [7, 11) is 0. The van der Waals surface area contributed by atoms with E-state index in [1.54, 1.807) is 6.20 Å². The lowest BCUT2D eigenvalue weighted by molar-refractivity contribution is -0.126. The number of anilines is 1. The maximum Gasteiger partial charge on any atom is 0.242 e. The number of ether oxygens (including phenoxy) is 1. The molecule has 6 nitrogen and oxygen atoms in total. The first-order valence-electron chi connectivity index (χ1n) is 7.62. The van der Waals surface area contributed by atoms with Crippen molar-refractivity contribution in [3.05, 3.63) is 12.3 Å². The Kier molecular flexibility index (Phi) is 5.00. The van der Waals surface area contributed by atoms with Crippen molar-refractivity contribution >= 4 is 11.7 Å². The molecule has 3 atom stereocenters. The Hall–Kier alpha value is -1.40. The number of hydrogen-bond acceptors (Lipinski definition) is 4. The number of rotatable bonds is 4. The van der Waals surface area contributed by atoms with E-state index >= 15 is 0 Å². The Bertz CT molecular complexity index is 476. The molecule has 118 valence electrons. The molecule has 1 N–H and O–H groups in total. The van der Waals surface area contributed by atoms with Crippen LogP contribution in [0.5, 0.6) is 0 Å². The highest BCUT2D eigenvalue weighted by Gasteiger charge is 2.29. The van der Waals surface area contributed by atoms with Gasteiger partial charge in [0.2, 0.25) is 5.91 Å². The topological polar surface area (TPSA) is 59.4 Å². The summed E-state index contributed by atoms with van der Waals surface area (Å²) in [5.74, 6) is 0.745. The summed E-state index contributed by atoms with van der Waals surface area (Å²) in [5.41, 5.74) is 0. The minimum absolute atomic E-state index is 0.00120. The van der Waals surface area contributed by atoms with E-state index < -0.39 is 0 Å².